The van der Waals surface area contributed by atoms with Crippen LogP contribution in [0.25, 0.3) is 5.65 Å². The van der Waals surface area contributed by atoms with E-state index in [1.54, 1.807) is 24.4 Å². The zero-order valence-corrected chi connectivity index (χ0v) is 12.4. The van der Waals surface area contributed by atoms with Crippen molar-refractivity contribution in [2.75, 3.05) is 0 Å². The van der Waals surface area contributed by atoms with Gasteiger partial charge in [-0.1, -0.05) is 6.07 Å². The van der Waals surface area contributed by atoms with E-state index >= 15 is 0 Å². The van der Waals surface area contributed by atoms with E-state index in [9.17, 15) is 9.90 Å². The van der Waals surface area contributed by atoms with Gasteiger partial charge in [0.25, 0.3) is 5.56 Å². The number of rotatable bonds is 4. The molecule has 2 aromatic heterocycles. The molecule has 0 aliphatic rings. The zero-order chi connectivity index (χ0) is 14.9. The summed E-state index contributed by atoms with van der Waals surface area (Å²) >= 11 is 0. The Morgan fingerprint density at radius 2 is 1.90 bits per heavy atom. The SMILES string of the molecule is CC(C)N(Cc1c(O)nc2ccccn2c1=O)C(C)C. The minimum Gasteiger partial charge on any atom is -0.493 e. The van der Waals surface area contributed by atoms with Gasteiger partial charge in [0.1, 0.15) is 5.65 Å². The fraction of sp³-hybridized carbons (Fsp3) is 0.467. The highest BCUT2D eigenvalue weighted by Gasteiger charge is 2.19. The van der Waals surface area contributed by atoms with E-state index in [0.717, 1.165) is 0 Å². The van der Waals surface area contributed by atoms with Crippen molar-refractivity contribution in [2.24, 2.45) is 0 Å². The van der Waals surface area contributed by atoms with Crippen LogP contribution in [0.3, 0.4) is 0 Å². The molecule has 0 unspecified atom stereocenters. The monoisotopic (exact) mass is 275 g/mol. The van der Waals surface area contributed by atoms with Crippen LogP contribution in [0.5, 0.6) is 5.88 Å². The summed E-state index contributed by atoms with van der Waals surface area (Å²) in [6, 6.07) is 5.83. The lowest BCUT2D eigenvalue weighted by atomic mass is 10.2. The van der Waals surface area contributed by atoms with E-state index in [-0.39, 0.29) is 23.5 Å². The van der Waals surface area contributed by atoms with Crippen molar-refractivity contribution in [2.45, 2.75) is 46.3 Å². The van der Waals surface area contributed by atoms with Gasteiger partial charge in [0, 0.05) is 24.8 Å². The molecular formula is C15H21N3O2. The first-order valence-electron chi connectivity index (χ1n) is 6.86. The van der Waals surface area contributed by atoms with Gasteiger partial charge < -0.3 is 5.11 Å². The summed E-state index contributed by atoms with van der Waals surface area (Å²) < 4.78 is 1.47. The van der Waals surface area contributed by atoms with Gasteiger partial charge in [0.2, 0.25) is 5.88 Å². The van der Waals surface area contributed by atoms with Gasteiger partial charge in [-0.05, 0) is 39.8 Å². The Labute approximate surface area is 118 Å². The molecule has 108 valence electrons. The Morgan fingerprint density at radius 3 is 2.50 bits per heavy atom. The van der Waals surface area contributed by atoms with Gasteiger partial charge in [-0.15, -0.1) is 0 Å². The Bertz CT molecular complexity index is 654. The average molecular weight is 275 g/mol. The highest BCUT2D eigenvalue weighted by molar-refractivity contribution is 5.42. The van der Waals surface area contributed by atoms with E-state index in [1.807, 2.05) is 0 Å². The lowest BCUT2D eigenvalue weighted by Gasteiger charge is -2.30. The smallest absolute Gasteiger partial charge is 0.266 e. The van der Waals surface area contributed by atoms with Gasteiger partial charge in [-0.2, -0.15) is 4.98 Å². The van der Waals surface area contributed by atoms with Crippen LogP contribution in [0.1, 0.15) is 33.3 Å². The first-order chi connectivity index (χ1) is 9.41. The average Bonchev–Trinajstić information content (AvgIpc) is 2.37. The number of hydrogen-bond acceptors (Lipinski definition) is 4. The van der Waals surface area contributed by atoms with Gasteiger partial charge in [0.05, 0.1) is 5.56 Å². The van der Waals surface area contributed by atoms with Crippen molar-refractivity contribution in [3.63, 3.8) is 0 Å². The van der Waals surface area contributed by atoms with Crippen molar-refractivity contribution in [1.82, 2.24) is 14.3 Å². The predicted molar refractivity (Wildman–Crippen MR) is 78.9 cm³/mol. The third kappa shape index (κ3) is 2.67. The maximum atomic E-state index is 12.5. The lowest BCUT2D eigenvalue weighted by molar-refractivity contribution is 0.163. The maximum absolute atomic E-state index is 12.5. The van der Waals surface area contributed by atoms with Crippen molar-refractivity contribution in [1.29, 1.82) is 0 Å². The second-order valence-electron chi connectivity index (χ2n) is 5.51. The second-order valence-corrected chi connectivity index (χ2v) is 5.51. The zero-order valence-electron chi connectivity index (χ0n) is 12.4. The fourth-order valence-corrected chi connectivity index (χ4v) is 2.40. The summed E-state index contributed by atoms with van der Waals surface area (Å²) in [7, 11) is 0. The van der Waals surface area contributed by atoms with Crippen LogP contribution in [-0.4, -0.2) is 31.5 Å². The van der Waals surface area contributed by atoms with Crippen LogP contribution in [0, 0.1) is 0 Å². The standard InChI is InChI=1S/C15H21N3O2/c1-10(2)18(11(3)4)9-12-14(19)16-13-7-5-6-8-17(13)15(12)20/h5-8,10-11,19H,9H2,1-4H3. The molecule has 0 bridgehead atoms. The number of pyridine rings is 1. The summed E-state index contributed by atoms with van der Waals surface area (Å²) in [6.07, 6.45) is 1.67. The normalized spacial score (nSPS) is 11.9. The highest BCUT2D eigenvalue weighted by atomic mass is 16.3. The molecule has 5 heteroatoms. The van der Waals surface area contributed by atoms with Gasteiger partial charge in [-0.25, -0.2) is 0 Å². The summed E-state index contributed by atoms with van der Waals surface area (Å²) in [5.41, 5.74) is 0.592. The number of aromatic nitrogens is 2. The lowest BCUT2D eigenvalue weighted by Crippen LogP contribution is -2.38. The Hall–Kier alpha value is -1.88. The number of nitrogens with zero attached hydrogens (tertiary/aromatic N) is 3. The Morgan fingerprint density at radius 1 is 1.25 bits per heavy atom. The number of fused-ring (bicyclic) bond motifs is 1. The van der Waals surface area contributed by atoms with Crippen molar-refractivity contribution < 1.29 is 5.11 Å². The summed E-state index contributed by atoms with van der Waals surface area (Å²) in [5, 5.41) is 10.1. The predicted octanol–water partition coefficient (Wildman–Crippen LogP) is 2.02. The molecule has 0 radical (unpaired) electrons. The molecule has 0 amide bonds. The minimum absolute atomic E-state index is 0.174. The third-order valence-electron chi connectivity index (χ3n) is 3.47. The third-order valence-corrected chi connectivity index (χ3v) is 3.47. The Kier molecular flexibility index (Phi) is 4.09. The van der Waals surface area contributed by atoms with Crippen LogP contribution in [0.2, 0.25) is 0 Å². The van der Waals surface area contributed by atoms with Crippen molar-refractivity contribution in [3.05, 3.63) is 40.3 Å². The molecule has 2 aromatic rings. The number of aromatic hydroxyl groups is 1. The molecule has 1 N–H and O–H groups in total. The largest absolute Gasteiger partial charge is 0.493 e. The van der Waals surface area contributed by atoms with Gasteiger partial charge >= 0.3 is 0 Å². The molecule has 0 aliphatic carbocycles. The van der Waals surface area contributed by atoms with Gasteiger partial charge in [0.15, 0.2) is 0 Å². The molecule has 0 atom stereocenters. The van der Waals surface area contributed by atoms with Crippen LogP contribution >= 0.6 is 0 Å². The van der Waals surface area contributed by atoms with Crippen LogP contribution < -0.4 is 5.56 Å². The summed E-state index contributed by atoms with van der Waals surface area (Å²) in [6.45, 7) is 8.68. The highest BCUT2D eigenvalue weighted by Crippen LogP contribution is 2.16. The molecule has 5 nitrogen and oxygen atoms in total. The van der Waals surface area contributed by atoms with E-state index in [2.05, 4.69) is 37.6 Å². The quantitative estimate of drug-likeness (QED) is 0.927. The van der Waals surface area contributed by atoms with Crippen molar-refractivity contribution in [3.8, 4) is 5.88 Å². The number of hydrogen-bond donors (Lipinski definition) is 1. The first kappa shape index (κ1) is 14.5. The Balaban J connectivity index is 2.52. The topological polar surface area (TPSA) is 57.8 Å². The summed E-state index contributed by atoms with van der Waals surface area (Å²) in [5.74, 6) is -0.174. The molecule has 0 fully saturated rings. The van der Waals surface area contributed by atoms with Crippen LogP contribution in [0.4, 0.5) is 0 Å². The second kappa shape index (κ2) is 5.63. The van der Waals surface area contributed by atoms with Gasteiger partial charge in [-0.3, -0.25) is 14.1 Å². The van der Waals surface area contributed by atoms with Crippen molar-refractivity contribution >= 4 is 5.65 Å². The van der Waals surface area contributed by atoms with E-state index in [0.29, 0.717) is 17.8 Å². The molecule has 0 aromatic carbocycles. The minimum atomic E-state index is -0.209. The maximum Gasteiger partial charge on any atom is 0.266 e. The molecule has 0 aliphatic heterocycles. The molecular weight excluding hydrogens is 254 g/mol. The molecule has 20 heavy (non-hydrogen) atoms. The molecule has 2 heterocycles. The van der Waals surface area contributed by atoms with Crippen LogP contribution in [-0.2, 0) is 6.54 Å². The fourth-order valence-electron chi connectivity index (χ4n) is 2.40. The first-order valence-corrected chi connectivity index (χ1v) is 6.86. The van der Waals surface area contributed by atoms with Crippen LogP contribution in [0.15, 0.2) is 29.2 Å². The summed E-state index contributed by atoms with van der Waals surface area (Å²) in [4.78, 5) is 18.7. The van der Waals surface area contributed by atoms with E-state index < -0.39 is 0 Å². The molecule has 0 spiro atoms. The molecule has 2 rings (SSSR count). The molecule has 0 saturated carbocycles. The van der Waals surface area contributed by atoms with E-state index in [1.165, 1.54) is 4.40 Å². The van der Waals surface area contributed by atoms with E-state index in [4.69, 9.17) is 0 Å². The molecule has 0 saturated heterocycles.